The molecule has 3 rings (SSSR count). The highest BCUT2D eigenvalue weighted by Crippen LogP contribution is 2.19. The minimum atomic E-state index is -3.57. The van der Waals surface area contributed by atoms with Gasteiger partial charge >= 0.3 is 0 Å². The number of nitrogens with zero attached hydrogens (tertiary/aromatic N) is 3. The van der Waals surface area contributed by atoms with Crippen LogP contribution in [0.5, 0.6) is 0 Å². The van der Waals surface area contributed by atoms with Gasteiger partial charge in [-0.25, -0.2) is 22.6 Å². The number of sulfonamides is 1. The highest BCUT2D eigenvalue weighted by molar-refractivity contribution is 9.10. The first-order chi connectivity index (χ1) is 10.4. The van der Waals surface area contributed by atoms with Crippen molar-refractivity contribution in [1.82, 2.24) is 19.3 Å². The molecule has 116 valence electrons. The predicted octanol–water partition coefficient (Wildman–Crippen LogP) is 2.65. The smallest absolute Gasteiger partial charge is 0.223 e. The van der Waals surface area contributed by atoms with Crippen molar-refractivity contribution in [3.63, 3.8) is 0 Å². The fraction of sp³-hybridized carbons (Fsp3) is 0.231. The zero-order chi connectivity index (χ0) is 15.9. The number of fused-ring (bicyclic) bond motifs is 1. The van der Waals surface area contributed by atoms with Gasteiger partial charge in [-0.1, -0.05) is 27.3 Å². The molecule has 0 saturated carbocycles. The van der Waals surface area contributed by atoms with Crippen molar-refractivity contribution in [3.05, 3.63) is 45.1 Å². The molecule has 22 heavy (non-hydrogen) atoms. The second-order valence-electron chi connectivity index (χ2n) is 4.74. The summed E-state index contributed by atoms with van der Waals surface area (Å²) in [6.45, 7) is 3.89. The van der Waals surface area contributed by atoms with Crippen LogP contribution in [0.15, 0.2) is 33.6 Å². The molecule has 1 N–H and O–H groups in total. The molecule has 0 bridgehead atoms. The van der Waals surface area contributed by atoms with Crippen LogP contribution in [0, 0.1) is 13.8 Å². The Kier molecular flexibility index (Phi) is 4.06. The van der Waals surface area contributed by atoms with Crippen molar-refractivity contribution in [3.8, 4) is 0 Å². The van der Waals surface area contributed by atoms with Gasteiger partial charge in [0.15, 0.2) is 0 Å². The predicted molar refractivity (Wildman–Crippen MR) is 88.5 cm³/mol. The molecule has 0 fully saturated rings. The first kappa shape index (κ1) is 15.6. The molecule has 2 heterocycles. The van der Waals surface area contributed by atoms with Gasteiger partial charge in [-0.3, -0.25) is 0 Å². The highest BCUT2D eigenvalue weighted by atomic mass is 79.9. The number of benzene rings is 1. The largest absolute Gasteiger partial charge is 0.240 e. The standard InChI is InChI=1S/C13H13BrN4O2S2/c1-8-12(18-13(16-8)21-9(2)17-18)7-15-22(19,20)11-5-3-10(14)4-6-11/h3-6,15H,7H2,1-2H3. The Morgan fingerprint density at radius 1 is 1.27 bits per heavy atom. The van der Waals surface area contributed by atoms with Crippen molar-refractivity contribution >= 4 is 42.3 Å². The van der Waals surface area contributed by atoms with Crippen LogP contribution >= 0.6 is 27.3 Å². The number of hydrogen-bond donors (Lipinski definition) is 1. The first-order valence-corrected chi connectivity index (χ1v) is 9.53. The van der Waals surface area contributed by atoms with Gasteiger partial charge in [0.05, 0.1) is 22.8 Å². The zero-order valence-corrected chi connectivity index (χ0v) is 15.1. The molecule has 0 spiro atoms. The van der Waals surface area contributed by atoms with Gasteiger partial charge < -0.3 is 0 Å². The average Bonchev–Trinajstić information content (AvgIpc) is 2.92. The SMILES string of the molecule is Cc1nn2c(CNS(=O)(=O)c3ccc(Br)cc3)c(C)nc2s1. The molecule has 0 atom stereocenters. The number of nitrogens with one attached hydrogen (secondary N) is 1. The van der Waals surface area contributed by atoms with Gasteiger partial charge in [0.1, 0.15) is 5.01 Å². The van der Waals surface area contributed by atoms with Crippen molar-refractivity contribution in [2.45, 2.75) is 25.3 Å². The van der Waals surface area contributed by atoms with Crippen LogP contribution in [0.3, 0.4) is 0 Å². The lowest BCUT2D eigenvalue weighted by Crippen LogP contribution is -2.24. The molecule has 9 heteroatoms. The summed E-state index contributed by atoms with van der Waals surface area (Å²) < 4.78 is 29.8. The van der Waals surface area contributed by atoms with Gasteiger partial charge in [0, 0.05) is 4.47 Å². The minimum Gasteiger partial charge on any atom is -0.223 e. The van der Waals surface area contributed by atoms with E-state index >= 15 is 0 Å². The molecule has 2 aromatic heterocycles. The topological polar surface area (TPSA) is 76.4 Å². The maximum absolute atomic E-state index is 12.3. The maximum Gasteiger partial charge on any atom is 0.240 e. The molecule has 6 nitrogen and oxygen atoms in total. The molecule has 0 unspecified atom stereocenters. The average molecular weight is 401 g/mol. The fourth-order valence-corrected chi connectivity index (χ4v) is 4.11. The Morgan fingerprint density at radius 2 is 1.95 bits per heavy atom. The summed E-state index contributed by atoms with van der Waals surface area (Å²) in [5.74, 6) is 0. The highest BCUT2D eigenvalue weighted by Gasteiger charge is 2.17. The van der Waals surface area contributed by atoms with Crippen molar-refractivity contribution in [2.24, 2.45) is 0 Å². The lowest BCUT2D eigenvalue weighted by Gasteiger charge is -2.06. The van der Waals surface area contributed by atoms with Gasteiger partial charge in [-0.05, 0) is 38.1 Å². The quantitative estimate of drug-likeness (QED) is 0.729. The lowest BCUT2D eigenvalue weighted by molar-refractivity contribution is 0.579. The maximum atomic E-state index is 12.3. The van der Waals surface area contributed by atoms with E-state index in [2.05, 4.69) is 30.7 Å². The minimum absolute atomic E-state index is 0.147. The van der Waals surface area contributed by atoms with E-state index in [4.69, 9.17) is 0 Å². The Balaban J connectivity index is 1.86. The summed E-state index contributed by atoms with van der Waals surface area (Å²) in [7, 11) is -3.57. The van der Waals surface area contributed by atoms with E-state index < -0.39 is 10.0 Å². The Hall–Kier alpha value is -1.29. The third-order valence-corrected chi connectivity index (χ3v) is 5.92. The van der Waals surface area contributed by atoms with E-state index in [0.717, 1.165) is 25.8 Å². The Labute approximate surface area is 140 Å². The Bertz CT molecular complexity index is 929. The van der Waals surface area contributed by atoms with Gasteiger partial charge in [0.2, 0.25) is 15.0 Å². The van der Waals surface area contributed by atoms with Crippen LogP contribution in [0.25, 0.3) is 4.96 Å². The number of aromatic nitrogens is 3. The van der Waals surface area contributed by atoms with E-state index in [1.54, 1.807) is 28.8 Å². The van der Waals surface area contributed by atoms with Gasteiger partial charge in [0.25, 0.3) is 0 Å². The normalized spacial score (nSPS) is 12.1. The van der Waals surface area contributed by atoms with Crippen molar-refractivity contribution < 1.29 is 8.42 Å². The van der Waals surface area contributed by atoms with Crippen LogP contribution in [0.1, 0.15) is 16.4 Å². The van der Waals surface area contributed by atoms with Crippen LogP contribution < -0.4 is 4.72 Å². The first-order valence-electron chi connectivity index (χ1n) is 6.44. The molecule has 0 aliphatic carbocycles. The van der Waals surface area contributed by atoms with Crippen LogP contribution in [-0.4, -0.2) is 23.0 Å². The number of imidazole rings is 1. The van der Waals surface area contributed by atoms with Crippen molar-refractivity contribution in [1.29, 1.82) is 0 Å². The van der Waals surface area contributed by atoms with E-state index in [0.29, 0.717) is 0 Å². The van der Waals surface area contributed by atoms with E-state index in [-0.39, 0.29) is 11.4 Å². The second-order valence-corrected chi connectivity index (χ2v) is 8.58. The lowest BCUT2D eigenvalue weighted by atomic mass is 10.3. The van der Waals surface area contributed by atoms with Gasteiger partial charge in [-0.15, -0.1) is 0 Å². The van der Waals surface area contributed by atoms with Crippen LogP contribution in [0.2, 0.25) is 0 Å². The molecule has 1 aromatic carbocycles. The molecule has 0 radical (unpaired) electrons. The van der Waals surface area contributed by atoms with E-state index in [1.165, 1.54) is 11.3 Å². The fourth-order valence-electron chi connectivity index (χ4n) is 2.05. The van der Waals surface area contributed by atoms with Crippen LogP contribution in [0.4, 0.5) is 0 Å². The molecular weight excluding hydrogens is 388 g/mol. The summed E-state index contributed by atoms with van der Waals surface area (Å²) >= 11 is 4.76. The number of halogens is 1. The monoisotopic (exact) mass is 400 g/mol. The zero-order valence-electron chi connectivity index (χ0n) is 11.9. The van der Waals surface area contributed by atoms with E-state index in [1.807, 2.05) is 13.8 Å². The summed E-state index contributed by atoms with van der Waals surface area (Å²) in [6, 6.07) is 6.50. The molecular formula is C13H13BrN4O2S2. The molecule has 0 saturated heterocycles. The molecule has 0 aliphatic heterocycles. The van der Waals surface area contributed by atoms with Crippen LogP contribution in [-0.2, 0) is 16.6 Å². The molecule has 0 aliphatic rings. The summed E-state index contributed by atoms with van der Waals surface area (Å²) in [4.78, 5) is 5.39. The second kappa shape index (κ2) is 5.73. The summed E-state index contributed by atoms with van der Waals surface area (Å²) in [6.07, 6.45) is 0. The van der Waals surface area contributed by atoms with Gasteiger partial charge in [-0.2, -0.15) is 5.10 Å². The Morgan fingerprint density at radius 3 is 2.64 bits per heavy atom. The van der Waals surface area contributed by atoms with E-state index in [9.17, 15) is 8.42 Å². The number of hydrogen-bond acceptors (Lipinski definition) is 5. The summed E-state index contributed by atoms with van der Waals surface area (Å²) in [5, 5.41) is 5.24. The third kappa shape index (κ3) is 2.94. The number of rotatable bonds is 4. The number of aryl methyl sites for hydroxylation is 2. The third-order valence-electron chi connectivity index (χ3n) is 3.15. The molecule has 0 amide bonds. The molecule has 3 aromatic rings. The van der Waals surface area contributed by atoms with Crippen molar-refractivity contribution in [2.75, 3.05) is 0 Å². The summed E-state index contributed by atoms with van der Waals surface area (Å²) in [5.41, 5.74) is 1.53.